The first kappa shape index (κ1) is 17.5. The van der Waals surface area contributed by atoms with Crippen LogP contribution < -0.4 is 5.32 Å². The minimum atomic E-state index is -0.0668. The van der Waals surface area contributed by atoms with Crippen LogP contribution in [0.4, 0.5) is 0 Å². The number of nitrogens with one attached hydrogen (secondary N) is 1. The molecule has 1 atom stereocenters. The molecule has 1 aromatic carbocycles. The summed E-state index contributed by atoms with van der Waals surface area (Å²) in [5.74, 6) is 1.48. The molecule has 0 saturated heterocycles. The van der Waals surface area contributed by atoms with E-state index in [1.54, 1.807) is 7.11 Å². The summed E-state index contributed by atoms with van der Waals surface area (Å²) in [5, 5.41) is 12.9. The molecule has 0 bridgehead atoms. The number of nitrogens with zero attached hydrogens (tertiary/aromatic N) is 3. The van der Waals surface area contributed by atoms with Crippen LogP contribution in [0.25, 0.3) is 22.6 Å². The van der Waals surface area contributed by atoms with Crippen molar-refractivity contribution in [1.82, 2.24) is 20.1 Å². The van der Waals surface area contributed by atoms with Gasteiger partial charge in [-0.05, 0) is 19.1 Å². The van der Waals surface area contributed by atoms with Gasteiger partial charge in [-0.2, -0.15) is 0 Å². The van der Waals surface area contributed by atoms with E-state index in [2.05, 4.69) is 15.5 Å². The average molecular weight is 360 g/mol. The number of thioether (sulfide) groups is 1. The molecule has 3 rings (SSSR count). The Morgan fingerprint density at radius 1 is 1.40 bits per heavy atom. The van der Waals surface area contributed by atoms with Gasteiger partial charge in [0.1, 0.15) is 5.58 Å². The van der Waals surface area contributed by atoms with Gasteiger partial charge in [-0.1, -0.05) is 30.0 Å². The average Bonchev–Trinajstić information content (AvgIpc) is 3.16. The van der Waals surface area contributed by atoms with E-state index in [0.29, 0.717) is 23.3 Å². The number of amides is 1. The zero-order chi connectivity index (χ0) is 17.8. The fourth-order valence-corrected chi connectivity index (χ4v) is 3.21. The molecule has 0 radical (unpaired) electrons. The van der Waals surface area contributed by atoms with Crippen molar-refractivity contribution in [2.24, 2.45) is 7.05 Å². The van der Waals surface area contributed by atoms with E-state index >= 15 is 0 Å². The van der Waals surface area contributed by atoms with Gasteiger partial charge in [0, 0.05) is 25.6 Å². The quantitative estimate of drug-likeness (QED) is 0.652. The number of benzene rings is 1. The number of carbonyl (C=O) groups excluding carboxylic acids is 1. The highest BCUT2D eigenvalue weighted by atomic mass is 32.2. The second kappa shape index (κ2) is 7.71. The predicted octanol–water partition coefficient (Wildman–Crippen LogP) is 2.47. The van der Waals surface area contributed by atoms with Crippen molar-refractivity contribution in [2.45, 2.75) is 18.1 Å². The molecule has 2 aromatic heterocycles. The molecular weight excluding hydrogens is 340 g/mol. The van der Waals surface area contributed by atoms with Gasteiger partial charge in [-0.3, -0.25) is 4.79 Å². The molecule has 1 amide bonds. The number of ether oxygens (including phenoxy) is 1. The summed E-state index contributed by atoms with van der Waals surface area (Å²) in [6.45, 7) is 2.38. The molecule has 0 aliphatic heterocycles. The van der Waals surface area contributed by atoms with Crippen molar-refractivity contribution in [3.63, 3.8) is 0 Å². The van der Waals surface area contributed by atoms with E-state index in [0.717, 1.165) is 11.0 Å². The number of rotatable bonds is 7. The van der Waals surface area contributed by atoms with Crippen LogP contribution >= 0.6 is 11.8 Å². The molecule has 0 saturated carbocycles. The lowest BCUT2D eigenvalue weighted by atomic mass is 10.2. The van der Waals surface area contributed by atoms with Crippen LogP contribution in [0.15, 0.2) is 39.9 Å². The maximum Gasteiger partial charge on any atom is 0.230 e. The molecule has 25 heavy (non-hydrogen) atoms. The zero-order valence-electron chi connectivity index (χ0n) is 14.4. The van der Waals surface area contributed by atoms with Crippen molar-refractivity contribution < 1.29 is 13.9 Å². The molecular formula is C17H20N4O3S. The van der Waals surface area contributed by atoms with Crippen LogP contribution in [0.2, 0.25) is 0 Å². The lowest BCUT2D eigenvalue weighted by Crippen LogP contribution is -2.36. The van der Waals surface area contributed by atoms with Crippen LogP contribution in [-0.2, 0) is 16.6 Å². The van der Waals surface area contributed by atoms with Gasteiger partial charge in [0.05, 0.1) is 12.4 Å². The topological polar surface area (TPSA) is 82.2 Å². The molecule has 0 fully saturated rings. The lowest BCUT2D eigenvalue weighted by molar-refractivity contribution is -0.119. The van der Waals surface area contributed by atoms with Crippen molar-refractivity contribution in [1.29, 1.82) is 0 Å². The second-order valence-corrected chi connectivity index (χ2v) is 6.67. The van der Waals surface area contributed by atoms with Gasteiger partial charge in [-0.15, -0.1) is 10.2 Å². The number of fused-ring (bicyclic) bond motifs is 1. The Morgan fingerprint density at radius 3 is 2.96 bits per heavy atom. The summed E-state index contributed by atoms with van der Waals surface area (Å²) in [6.07, 6.45) is 0. The molecule has 1 N–H and O–H groups in total. The van der Waals surface area contributed by atoms with Crippen molar-refractivity contribution in [3.05, 3.63) is 30.3 Å². The third kappa shape index (κ3) is 4.02. The summed E-state index contributed by atoms with van der Waals surface area (Å²) in [4.78, 5) is 11.9. The van der Waals surface area contributed by atoms with Crippen molar-refractivity contribution >= 4 is 28.6 Å². The largest absolute Gasteiger partial charge is 0.453 e. The summed E-state index contributed by atoms with van der Waals surface area (Å²) in [5.41, 5.74) is 0.807. The summed E-state index contributed by atoms with van der Waals surface area (Å²) in [6, 6.07) is 9.70. The maximum absolute atomic E-state index is 11.9. The maximum atomic E-state index is 11.9. The number of carbonyl (C=O) groups is 1. The molecule has 132 valence electrons. The molecule has 0 unspecified atom stereocenters. The van der Waals surface area contributed by atoms with Crippen LogP contribution in [0, 0.1) is 0 Å². The van der Waals surface area contributed by atoms with E-state index in [1.807, 2.05) is 48.9 Å². The minimum Gasteiger partial charge on any atom is -0.453 e. The van der Waals surface area contributed by atoms with E-state index in [1.165, 1.54) is 11.8 Å². The Kier molecular flexibility index (Phi) is 5.40. The number of methoxy groups -OCH3 is 1. The van der Waals surface area contributed by atoms with Crippen LogP contribution in [0.3, 0.4) is 0 Å². The molecule has 8 heteroatoms. The molecule has 0 spiro atoms. The van der Waals surface area contributed by atoms with E-state index in [-0.39, 0.29) is 17.7 Å². The van der Waals surface area contributed by atoms with Gasteiger partial charge in [0.25, 0.3) is 0 Å². The number of hydrogen-bond donors (Lipinski definition) is 1. The van der Waals surface area contributed by atoms with E-state index < -0.39 is 0 Å². The van der Waals surface area contributed by atoms with Crippen molar-refractivity contribution in [2.75, 3.05) is 19.5 Å². The minimum absolute atomic E-state index is 0.0243. The predicted molar refractivity (Wildman–Crippen MR) is 96.4 cm³/mol. The summed E-state index contributed by atoms with van der Waals surface area (Å²) < 4.78 is 12.7. The normalized spacial score (nSPS) is 12.4. The zero-order valence-corrected chi connectivity index (χ0v) is 15.2. The third-order valence-electron chi connectivity index (χ3n) is 3.64. The van der Waals surface area contributed by atoms with E-state index in [4.69, 9.17) is 9.15 Å². The van der Waals surface area contributed by atoms with Gasteiger partial charge < -0.3 is 19.0 Å². The summed E-state index contributed by atoms with van der Waals surface area (Å²) >= 11 is 1.33. The molecule has 3 aromatic rings. The first-order valence-electron chi connectivity index (χ1n) is 7.88. The number of hydrogen-bond acceptors (Lipinski definition) is 6. The first-order chi connectivity index (χ1) is 12.1. The molecule has 7 nitrogen and oxygen atoms in total. The fourth-order valence-electron chi connectivity index (χ4n) is 2.49. The highest BCUT2D eigenvalue weighted by Gasteiger charge is 2.16. The Morgan fingerprint density at radius 2 is 2.20 bits per heavy atom. The second-order valence-electron chi connectivity index (χ2n) is 5.73. The van der Waals surface area contributed by atoms with Gasteiger partial charge in [0.2, 0.25) is 5.91 Å². The van der Waals surface area contributed by atoms with Gasteiger partial charge in [0.15, 0.2) is 16.7 Å². The van der Waals surface area contributed by atoms with Gasteiger partial charge in [-0.25, -0.2) is 0 Å². The molecule has 0 aliphatic carbocycles. The third-order valence-corrected chi connectivity index (χ3v) is 4.66. The standard InChI is InChI=1S/C17H20N4O3S/c1-11(9-23-3)18-15(22)10-25-17-20-19-16(21(17)2)14-8-12-6-4-5-7-13(12)24-14/h4-8,11H,9-10H2,1-3H3,(H,18,22)/t11-/m0/s1. The van der Waals surface area contributed by atoms with Crippen molar-refractivity contribution in [3.8, 4) is 11.6 Å². The monoisotopic (exact) mass is 360 g/mol. The number of aromatic nitrogens is 3. The smallest absolute Gasteiger partial charge is 0.230 e. The van der Waals surface area contributed by atoms with Crippen LogP contribution in [-0.4, -0.2) is 46.2 Å². The SMILES string of the molecule is COC[C@H](C)NC(=O)CSc1nnc(-c2cc3ccccc3o2)n1C. The van der Waals surface area contributed by atoms with Crippen LogP contribution in [0.1, 0.15) is 6.92 Å². The van der Waals surface area contributed by atoms with E-state index in [9.17, 15) is 4.79 Å². The van der Waals surface area contributed by atoms with Gasteiger partial charge >= 0.3 is 0 Å². The summed E-state index contributed by atoms with van der Waals surface area (Å²) in [7, 11) is 3.47. The highest BCUT2D eigenvalue weighted by Crippen LogP contribution is 2.28. The molecule has 2 heterocycles. The molecule has 0 aliphatic rings. The Labute approximate surface area is 149 Å². The highest BCUT2D eigenvalue weighted by molar-refractivity contribution is 7.99. The number of para-hydroxylation sites is 1. The fraction of sp³-hybridized carbons (Fsp3) is 0.353. The van der Waals surface area contributed by atoms with Crippen LogP contribution in [0.5, 0.6) is 0 Å². The Bertz CT molecular complexity index is 841. The lowest BCUT2D eigenvalue weighted by Gasteiger charge is -2.12. The Balaban J connectivity index is 1.68. The first-order valence-corrected chi connectivity index (χ1v) is 8.86. The Hall–Kier alpha value is -2.32. The number of furan rings is 1.